The summed E-state index contributed by atoms with van der Waals surface area (Å²) in [5.41, 5.74) is 0. The van der Waals surface area contributed by atoms with E-state index in [4.69, 9.17) is 16.3 Å². The van der Waals surface area contributed by atoms with Crippen LogP contribution in [0, 0.1) is 0 Å². The number of benzene rings is 1. The van der Waals surface area contributed by atoms with Gasteiger partial charge in [-0.1, -0.05) is 23.7 Å². The number of imide groups is 1. The lowest BCUT2D eigenvalue weighted by molar-refractivity contribution is -0.133. The molecule has 7 nitrogen and oxygen atoms in total. The Balaban J connectivity index is 1.42. The Kier molecular flexibility index (Phi) is 5.43. The summed E-state index contributed by atoms with van der Waals surface area (Å²) in [6.45, 7) is 1.22. The van der Waals surface area contributed by atoms with Gasteiger partial charge >= 0.3 is 6.03 Å². The zero-order valence-electron chi connectivity index (χ0n) is 13.7. The lowest BCUT2D eigenvalue weighted by Gasteiger charge is -2.32. The molecule has 2 N–H and O–H groups in total. The highest BCUT2D eigenvalue weighted by molar-refractivity contribution is 6.32. The molecular formula is C17H20ClN3O4. The number of urea groups is 1. The number of amides is 4. The third-order valence-corrected chi connectivity index (χ3v) is 4.74. The van der Waals surface area contributed by atoms with Gasteiger partial charge in [-0.05, 0) is 18.6 Å². The van der Waals surface area contributed by atoms with E-state index in [9.17, 15) is 14.4 Å². The maximum Gasteiger partial charge on any atom is 0.322 e. The van der Waals surface area contributed by atoms with E-state index in [2.05, 4.69) is 10.6 Å². The highest BCUT2D eigenvalue weighted by Crippen LogP contribution is 2.27. The maximum absolute atomic E-state index is 12.3. The van der Waals surface area contributed by atoms with E-state index in [1.54, 1.807) is 11.0 Å². The minimum absolute atomic E-state index is 0.00913. The Hall–Kier alpha value is -2.28. The minimum atomic E-state index is -0.613. The van der Waals surface area contributed by atoms with Gasteiger partial charge in [0.05, 0.1) is 5.02 Å². The summed E-state index contributed by atoms with van der Waals surface area (Å²) in [6.07, 6.45) is 2.04. The van der Waals surface area contributed by atoms with Gasteiger partial charge in [-0.3, -0.25) is 14.9 Å². The van der Waals surface area contributed by atoms with Crippen molar-refractivity contribution in [3.63, 3.8) is 0 Å². The number of halogens is 1. The number of nitrogens with zero attached hydrogens (tertiary/aromatic N) is 1. The molecule has 2 fully saturated rings. The average molecular weight is 366 g/mol. The summed E-state index contributed by atoms with van der Waals surface area (Å²) in [5, 5.41) is 5.24. The lowest BCUT2D eigenvalue weighted by atomic mass is 10.1. The second-order valence-electron chi connectivity index (χ2n) is 6.18. The molecule has 0 bridgehead atoms. The van der Waals surface area contributed by atoms with E-state index in [1.165, 1.54) is 0 Å². The Morgan fingerprint density at radius 3 is 2.60 bits per heavy atom. The van der Waals surface area contributed by atoms with Gasteiger partial charge in [-0.25, -0.2) is 4.79 Å². The minimum Gasteiger partial charge on any atom is -0.489 e. The number of rotatable bonds is 5. The SMILES string of the molecule is O=C1NC(=O)[C@@H](CCC(=O)N2CCC(Oc3ccccc3Cl)CC2)N1. The Labute approximate surface area is 150 Å². The number of carbonyl (C=O) groups excluding carboxylic acids is 3. The van der Waals surface area contributed by atoms with E-state index < -0.39 is 12.1 Å². The van der Waals surface area contributed by atoms with Crippen molar-refractivity contribution >= 4 is 29.4 Å². The molecule has 134 valence electrons. The van der Waals surface area contributed by atoms with Gasteiger partial charge in [0.2, 0.25) is 5.91 Å². The second kappa shape index (κ2) is 7.74. The van der Waals surface area contributed by atoms with E-state index >= 15 is 0 Å². The molecule has 8 heteroatoms. The van der Waals surface area contributed by atoms with Crippen LogP contribution in [0.3, 0.4) is 0 Å². The van der Waals surface area contributed by atoms with Crippen molar-refractivity contribution in [2.75, 3.05) is 13.1 Å². The zero-order valence-corrected chi connectivity index (χ0v) is 14.4. The number of hydrogen-bond donors (Lipinski definition) is 2. The molecule has 1 aromatic carbocycles. The number of likely N-dealkylation sites (tertiary alicyclic amines) is 1. The molecule has 0 spiro atoms. The zero-order chi connectivity index (χ0) is 17.8. The summed E-state index contributed by atoms with van der Waals surface area (Å²) >= 11 is 6.10. The van der Waals surface area contributed by atoms with E-state index in [1.807, 2.05) is 18.2 Å². The van der Waals surface area contributed by atoms with Gasteiger partial charge in [0.1, 0.15) is 17.9 Å². The largest absolute Gasteiger partial charge is 0.489 e. The monoisotopic (exact) mass is 365 g/mol. The fourth-order valence-corrected chi connectivity index (χ4v) is 3.21. The molecule has 4 amide bonds. The first kappa shape index (κ1) is 17.5. The summed E-state index contributed by atoms with van der Waals surface area (Å²) in [7, 11) is 0. The van der Waals surface area contributed by atoms with Gasteiger partial charge in [0.25, 0.3) is 5.91 Å². The van der Waals surface area contributed by atoms with Crippen LogP contribution < -0.4 is 15.4 Å². The fraction of sp³-hybridized carbons (Fsp3) is 0.471. The van der Waals surface area contributed by atoms with Crippen LogP contribution >= 0.6 is 11.6 Å². The van der Waals surface area contributed by atoms with E-state index in [0.717, 1.165) is 12.8 Å². The van der Waals surface area contributed by atoms with Gasteiger partial charge < -0.3 is 15.0 Å². The topological polar surface area (TPSA) is 87.7 Å². The highest BCUT2D eigenvalue weighted by Gasteiger charge is 2.31. The summed E-state index contributed by atoms with van der Waals surface area (Å²) in [6, 6.07) is 6.23. The number of hydrogen-bond acceptors (Lipinski definition) is 4. The van der Waals surface area contributed by atoms with Crippen molar-refractivity contribution in [3.8, 4) is 5.75 Å². The molecule has 1 atom stereocenters. The third kappa shape index (κ3) is 4.42. The molecule has 0 saturated carbocycles. The first-order valence-electron chi connectivity index (χ1n) is 8.33. The molecule has 1 aromatic rings. The van der Waals surface area contributed by atoms with Crippen molar-refractivity contribution in [2.45, 2.75) is 37.8 Å². The normalized spacial score (nSPS) is 21.0. The maximum atomic E-state index is 12.3. The van der Waals surface area contributed by atoms with Crippen LogP contribution in [-0.2, 0) is 9.59 Å². The molecular weight excluding hydrogens is 346 g/mol. The number of ether oxygens (including phenoxy) is 1. The van der Waals surface area contributed by atoms with Crippen LogP contribution in [0.1, 0.15) is 25.7 Å². The Morgan fingerprint density at radius 2 is 1.96 bits per heavy atom. The predicted octanol–water partition coefficient (Wildman–Crippen LogP) is 1.70. The van der Waals surface area contributed by atoms with Gasteiger partial charge in [-0.15, -0.1) is 0 Å². The molecule has 2 heterocycles. The summed E-state index contributed by atoms with van der Waals surface area (Å²) in [4.78, 5) is 36.6. The highest BCUT2D eigenvalue weighted by atomic mass is 35.5. The quantitative estimate of drug-likeness (QED) is 0.777. The van der Waals surface area contributed by atoms with Crippen LogP contribution in [0.5, 0.6) is 5.75 Å². The van der Waals surface area contributed by atoms with Gasteiger partial charge in [-0.2, -0.15) is 0 Å². The van der Waals surface area contributed by atoms with Crippen LogP contribution in [0.2, 0.25) is 5.02 Å². The smallest absolute Gasteiger partial charge is 0.322 e. The molecule has 2 saturated heterocycles. The van der Waals surface area contributed by atoms with Crippen molar-refractivity contribution in [3.05, 3.63) is 29.3 Å². The molecule has 0 aliphatic carbocycles. The third-order valence-electron chi connectivity index (χ3n) is 4.43. The average Bonchev–Trinajstić information content (AvgIpc) is 2.93. The summed E-state index contributed by atoms with van der Waals surface area (Å²) in [5.74, 6) is 0.284. The number of para-hydroxylation sites is 1. The first-order chi connectivity index (χ1) is 12.0. The molecule has 0 radical (unpaired) electrons. The van der Waals surface area contributed by atoms with Crippen molar-refractivity contribution < 1.29 is 19.1 Å². The van der Waals surface area contributed by atoms with Gasteiger partial charge in [0.15, 0.2) is 0 Å². The Bertz CT molecular complexity index is 674. The summed E-state index contributed by atoms with van der Waals surface area (Å²) < 4.78 is 5.91. The van der Waals surface area contributed by atoms with Crippen LogP contribution in [0.15, 0.2) is 24.3 Å². The number of nitrogens with one attached hydrogen (secondary N) is 2. The molecule has 0 unspecified atom stereocenters. The van der Waals surface area contributed by atoms with Crippen molar-refractivity contribution in [1.82, 2.24) is 15.5 Å². The Morgan fingerprint density at radius 1 is 1.24 bits per heavy atom. The predicted molar refractivity (Wildman–Crippen MR) is 91.4 cm³/mol. The lowest BCUT2D eigenvalue weighted by Crippen LogP contribution is -2.42. The number of piperidine rings is 1. The van der Waals surface area contributed by atoms with Crippen molar-refractivity contribution in [1.29, 1.82) is 0 Å². The van der Waals surface area contributed by atoms with Crippen LogP contribution in [-0.4, -0.2) is 48.0 Å². The van der Waals surface area contributed by atoms with E-state index in [0.29, 0.717) is 30.3 Å². The molecule has 2 aliphatic rings. The van der Waals surface area contributed by atoms with Gasteiger partial charge in [0, 0.05) is 32.4 Å². The van der Waals surface area contributed by atoms with Crippen LogP contribution in [0.25, 0.3) is 0 Å². The standard InChI is InChI=1S/C17H20ClN3O4/c18-12-3-1-2-4-14(12)25-11-7-9-21(10-8-11)15(22)6-5-13-16(23)20-17(24)19-13/h1-4,11,13H,5-10H2,(H2,19,20,23,24)/t13-/m1/s1. The molecule has 2 aliphatic heterocycles. The van der Waals surface area contributed by atoms with E-state index in [-0.39, 0.29) is 24.3 Å². The number of carbonyl (C=O) groups is 3. The first-order valence-corrected chi connectivity index (χ1v) is 8.71. The van der Waals surface area contributed by atoms with Crippen LogP contribution in [0.4, 0.5) is 4.79 Å². The molecule has 0 aromatic heterocycles. The molecule has 3 rings (SSSR count). The fourth-order valence-electron chi connectivity index (χ4n) is 3.03. The van der Waals surface area contributed by atoms with Crippen molar-refractivity contribution in [2.24, 2.45) is 0 Å². The molecule has 25 heavy (non-hydrogen) atoms. The second-order valence-corrected chi connectivity index (χ2v) is 6.59.